The van der Waals surface area contributed by atoms with E-state index in [0.29, 0.717) is 17.3 Å². The number of carbonyl (C=O) groups excluding carboxylic acids is 1. The lowest BCUT2D eigenvalue weighted by molar-refractivity contribution is 0.102. The molecule has 3 aromatic rings. The Kier molecular flexibility index (Phi) is 4.19. The van der Waals surface area contributed by atoms with E-state index < -0.39 is 0 Å². The summed E-state index contributed by atoms with van der Waals surface area (Å²) in [7, 11) is 0. The van der Waals surface area contributed by atoms with E-state index in [1.807, 2.05) is 36.4 Å². The number of hydrogen-bond acceptors (Lipinski definition) is 3. The van der Waals surface area contributed by atoms with Crippen molar-refractivity contribution in [1.29, 1.82) is 0 Å². The molecule has 2 N–H and O–H groups in total. The molecule has 0 unspecified atom stereocenters. The van der Waals surface area contributed by atoms with Crippen LogP contribution in [-0.2, 0) is 0 Å². The van der Waals surface area contributed by atoms with Crippen LogP contribution in [0.3, 0.4) is 0 Å². The van der Waals surface area contributed by atoms with E-state index in [0.717, 1.165) is 11.3 Å². The summed E-state index contributed by atoms with van der Waals surface area (Å²) in [5.74, 6) is 0.249. The average Bonchev–Trinajstić information content (AvgIpc) is 3.06. The van der Waals surface area contributed by atoms with Crippen molar-refractivity contribution < 1.29 is 4.79 Å². The van der Waals surface area contributed by atoms with Crippen molar-refractivity contribution in [3.8, 4) is 11.3 Å². The third kappa shape index (κ3) is 3.45. The van der Waals surface area contributed by atoms with Crippen molar-refractivity contribution in [2.24, 2.45) is 0 Å². The molecule has 0 saturated carbocycles. The zero-order valence-electron chi connectivity index (χ0n) is 13.1. The fourth-order valence-corrected chi connectivity index (χ4v) is 2.25. The molecule has 0 spiro atoms. The molecule has 5 heteroatoms. The molecule has 0 aliphatic rings. The van der Waals surface area contributed by atoms with E-state index in [1.165, 1.54) is 5.56 Å². The number of hydrogen-bond donors (Lipinski definition) is 2. The van der Waals surface area contributed by atoms with Crippen molar-refractivity contribution in [2.45, 2.75) is 19.8 Å². The zero-order valence-corrected chi connectivity index (χ0v) is 13.1. The van der Waals surface area contributed by atoms with Crippen LogP contribution in [0, 0.1) is 0 Å². The van der Waals surface area contributed by atoms with Gasteiger partial charge in [0.2, 0.25) is 0 Å². The minimum atomic E-state index is -0.218. The second-order valence-electron chi connectivity index (χ2n) is 5.64. The molecule has 0 radical (unpaired) electrons. The number of nitrogens with one attached hydrogen (secondary N) is 2. The summed E-state index contributed by atoms with van der Waals surface area (Å²) in [4.78, 5) is 16.3. The van der Waals surface area contributed by atoms with Gasteiger partial charge in [0.25, 0.3) is 5.91 Å². The topological polar surface area (TPSA) is 70.7 Å². The molecule has 23 heavy (non-hydrogen) atoms. The van der Waals surface area contributed by atoms with Gasteiger partial charge in [0.15, 0.2) is 0 Å². The molecule has 2 aromatic heterocycles. The highest BCUT2D eigenvalue weighted by atomic mass is 16.1. The molecule has 5 nitrogen and oxygen atoms in total. The summed E-state index contributed by atoms with van der Waals surface area (Å²) >= 11 is 0. The summed E-state index contributed by atoms with van der Waals surface area (Å²) in [5.41, 5.74) is 3.97. The Hall–Kier alpha value is -2.95. The van der Waals surface area contributed by atoms with Crippen LogP contribution in [0.1, 0.15) is 35.8 Å². The number of anilines is 1. The number of carbonyl (C=O) groups is 1. The molecule has 116 valence electrons. The molecule has 1 aromatic carbocycles. The third-order valence-electron chi connectivity index (χ3n) is 3.62. The summed E-state index contributed by atoms with van der Waals surface area (Å²) in [6, 6.07) is 13.3. The highest BCUT2D eigenvalue weighted by Gasteiger charge is 2.11. The average molecular weight is 306 g/mol. The van der Waals surface area contributed by atoms with E-state index in [-0.39, 0.29) is 5.91 Å². The van der Waals surface area contributed by atoms with Gasteiger partial charge in [0.1, 0.15) is 5.69 Å². The normalized spacial score (nSPS) is 10.7. The van der Waals surface area contributed by atoms with Gasteiger partial charge in [-0.05, 0) is 41.8 Å². The van der Waals surface area contributed by atoms with Crippen LogP contribution >= 0.6 is 0 Å². The van der Waals surface area contributed by atoms with E-state index >= 15 is 0 Å². The Labute approximate surface area is 134 Å². The first-order valence-electron chi connectivity index (χ1n) is 7.50. The number of benzene rings is 1. The SMILES string of the molecule is CC(C)c1ccc(NC(=O)c2cc(-c3cccnc3)n[nH]2)cc1. The number of aromatic amines is 1. The Morgan fingerprint density at radius 3 is 2.61 bits per heavy atom. The maximum Gasteiger partial charge on any atom is 0.273 e. The minimum Gasteiger partial charge on any atom is -0.321 e. The Morgan fingerprint density at radius 2 is 1.96 bits per heavy atom. The number of aromatic nitrogens is 3. The van der Waals surface area contributed by atoms with E-state index in [9.17, 15) is 4.79 Å². The maximum atomic E-state index is 12.3. The Balaban J connectivity index is 1.72. The fraction of sp³-hybridized carbons (Fsp3) is 0.167. The largest absolute Gasteiger partial charge is 0.321 e. The van der Waals surface area contributed by atoms with Gasteiger partial charge in [-0.3, -0.25) is 14.9 Å². The lowest BCUT2D eigenvalue weighted by Crippen LogP contribution is -2.12. The fourth-order valence-electron chi connectivity index (χ4n) is 2.25. The zero-order chi connectivity index (χ0) is 16.2. The first-order chi connectivity index (χ1) is 11.1. The van der Waals surface area contributed by atoms with Gasteiger partial charge in [-0.1, -0.05) is 26.0 Å². The van der Waals surface area contributed by atoms with Gasteiger partial charge in [-0.2, -0.15) is 5.10 Å². The predicted molar refractivity (Wildman–Crippen MR) is 90.3 cm³/mol. The maximum absolute atomic E-state index is 12.3. The molecule has 0 aliphatic carbocycles. The first-order valence-corrected chi connectivity index (χ1v) is 7.50. The number of amides is 1. The quantitative estimate of drug-likeness (QED) is 0.769. The van der Waals surface area contributed by atoms with Crippen LogP contribution in [-0.4, -0.2) is 21.1 Å². The third-order valence-corrected chi connectivity index (χ3v) is 3.62. The Bertz CT molecular complexity index is 791. The predicted octanol–water partition coefficient (Wildman–Crippen LogP) is 3.85. The second-order valence-corrected chi connectivity index (χ2v) is 5.64. The van der Waals surface area contributed by atoms with Crippen molar-refractivity contribution >= 4 is 11.6 Å². The molecule has 0 bridgehead atoms. The standard InChI is InChI=1S/C18H18N4O/c1-12(2)13-5-7-15(8-6-13)20-18(23)17-10-16(21-22-17)14-4-3-9-19-11-14/h3-12H,1-2H3,(H,20,23)(H,21,22). The molecular formula is C18H18N4O. The van der Waals surface area contributed by atoms with Crippen molar-refractivity contribution in [2.75, 3.05) is 5.32 Å². The van der Waals surface area contributed by atoms with Crippen LogP contribution < -0.4 is 5.32 Å². The molecule has 1 amide bonds. The van der Waals surface area contributed by atoms with Crippen LogP contribution in [0.15, 0.2) is 54.9 Å². The van der Waals surface area contributed by atoms with Gasteiger partial charge in [0.05, 0.1) is 5.69 Å². The molecule has 0 atom stereocenters. The van der Waals surface area contributed by atoms with Gasteiger partial charge >= 0.3 is 0 Å². The van der Waals surface area contributed by atoms with E-state index in [4.69, 9.17) is 0 Å². The molecule has 2 heterocycles. The lowest BCUT2D eigenvalue weighted by Gasteiger charge is -2.07. The van der Waals surface area contributed by atoms with E-state index in [1.54, 1.807) is 18.5 Å². The monoisotopic (exact) mass is 306 g/mol. The number of H-pyrrole nitrogens is 1. The van der Waals surface area contributed by atoms with Gasteiger partial charge in [0, 0.05) is 23.6 Å². The van der Waals surface area contributed by atoms with E-state index in [2.05, 4.69) is 34.3 Å². The molecule has 0 saturated heterocycles. The number of pyridine rings is 1. The highest BCUT2D eigenvalue weighted by Crippen LogP contribution is 2.19. The molecular weight excluding hydrogens is 288 g/mol. The first kappa shape index (κ1) is 15.0. The molecule has 0 aliphatic heterocycles. The summed E-state index contributed by atoms with van der Waals surface area (Å²) in [6.07, 6.45) is 3.41. The second kappa shape index (κ2) is 6.44. The van der Waals surface area contributed by atoms with Crippen LogP contribution in [0.4, 0.5) is 5.69 Å². The van der Waals surface area contributed by atoms with Crippen LogP contribution in [0.25, 0.3) is 11.3 Å². The van der Waals surface area contributed by atoms with Crippen LogP contribution in [0.2, 0.25) is 0 Å². The molecule has 3 rings (SSSR count). The molecule has 0 fully saturated rings. The number of rotatable bonds is 4. The van der Waals surface area contributed by atoms with Crippen molar-refractivity contribution in [3.05, 3.63) is 66.1 Å². The van der Waals surface area contributed by atoms with Crippen molar-refractivity contribution in [1.82, 2.24) is 15.2 Å². The van der Waals surface area contributed by atoms with Crippen LogP contribution in [0.5, 0.6) is 0 Å². The number of nitrogens with zero attached hydrogens (tertiary/aromatic N) is 2. The van der Waals surface area contributed by atoms with Crippen molar-refractivity contribution in [3.63, 3.8) is 0 Å². The lowest BCUT2D eigenvalue weighted by atomic mass is 10.0. The Morgan fingerprint density at radius 1 is 1.17 bits per heavy atom. The summed E-state index contributed by atoms with van der Waals surface area (Å²) < 4.78 is 0. The smallest absolute Gasteiger partial charge is 0.273 e. The minimum absolute atomic E-state index is 0.218. The van der Waals surface area contributed by atoms with Gasteiger partial charge in [-0.25, -0.2) is 0 Å². The highest BCUT2D eigenvalue weighted by molar-refractivity contribution is 6.03. The van der Waals surface area contributed by atoms with Gasteiger partial charge < -0.3 is 5.32 Å². The summed E-state index contributed by atoms with van der Waals surface area (Å²) in [5, 5.41) is 9.79. The summed E-state index contributed by atoms with van der Waals surface area (Å²) in [6.45, 7) is 4.27. The van der Waals surface area contributed by atoms with Gasteiger partial charge in [-0.15, -0.1) is 0 Å².